The molecule has 0 aliphatic carbocycles. The lowest BCUT2D eigenvalue weighted by molar-refractivity contribution is 0.444. The van der Waals surface area contributed by atoms with E-state index in [1.54, 1.807) is 13.8 Å². The zero-order valence-corrected chi connectivity index (χ0v) is 12.9. The molecule has 16 heavy (non-hydrogen) atoms. The van der Waals surface area contributed by atoms with Crippen LogP contribution in [0, 0.1) is 0 Å². The first-order valence-electron chi connectivity index (χ1n) is 4.73. The molecule has 0 radical (unpaired) electrons. The Balaban J connectivity index is 4.48. The minimum atomic E-state index is -3.54. The molecule has 0 fully saturated rings. The molecule has 0 saturated heterocycles. The van der Waals surface area contributed by atoms with Crippen molar-refractivity contribution >= 4 is 35.8 Å². The van der Waals surface area contributed by atoms with Gasteiger partial charge >= 0.3 is 0 Å². The van der Waals surface area contributed by atoms with Crippen LogP contribution in [0.3, 0.4) is 0 Å². The van der Waals surface area contributed by atoms with E-state index in [9.17, 15) is 16.8 Å². The van der Waals surface area contributed by atoms with Gasteiger partial charge in [0.05, 0.1) is 11.5 Å². The van der Waals surface area contributed by atoms with Crippen molar-refractivity contribution < 1.29 is 16.8 Å². The maximum Gasteiger partial charge on any atom is 0.213 e. The van der Waals surface area contributed by atoms with Gasteiger partial charge in [0.15, 0.2) is 0 Å². The molecule has 0 aromatic heterocycles. The second-order valence-corrected chi connectivity index (χ2v) is 9.27. The second kappa shape index (κ2) is 5.79. The third-order valence-corrected chi connectivity index (χ3v) is 5.08. The topological polar surface area (TPSA) is 80.3 Å². The van der Waals surface area contributed by atoms with Crippen molar-refractivity contribution in [1.82, 2.24) is 4.72 Å². The molecule has 0 heterocycles. The van der Waals surface area contributed by atoms with E-state index in [1.165, 1.54) is 0 Å². The summed E-state index contributed by atoms with van der Waals surface area (Å²) in [6.45, 7) is 3.51. The monoisotopic (exact) mass is 335 g/mol. The summed E-state index contributed by atoms with van der Waals surface area (Å²) < 4.78 is 47.4. The Labute approximate surface area is 106 Å². The lowest BCUT2D eigenvalue weighted by Gasteiger charge is -2.24. The van der Waals surface area contributed by atoms with E-state index in [4.69, 9.17) is 0 Å². The van der Waals surface area contributed by atoms with Gasteiger partial charge in [-0.3, -0.25) is 0 Å². The van der Waals surface area contributed by atoms with Gasteiger partial charge in [-0.05, 0) is 20.3 Å². The van der Waals surface area contributed by atoms with Crippen molar-refractivity contribution in [1.29, 1.82) is 0 Å². The highest BCUT2D eigenvalue weighted by Crippen LogP contribution is 2.11. The Morgan fingerprint density at radius 2 is 1.62 bits per heavy atom. The quantitative estimate of drug-likeness (QED) is 0.687. The fourth-order valence-corrected chi connectivity index (χ4v) is 5.15. The van der Waals surface area contributed by atoms with E-state index in [2.05, 4.69) is 20.7 Å². The van der Waals surface area contributed by atoms with Crippen molar-refractivity contribution in [2.24, 2.45) is 0 Å². The van der Waals surface area contributed by atoms with E-state index in [0.29, 0.717) is 11.8 Å². The van der Waals surface area contributed by atoms with E-state index >= 15 is 0 Å². The van der Waals surface area contributed by atoms with E-state index in [0.717, 1.165) is 6.26 Å². The van der Waals surface area contributed by atoms with Crippen LogP contribution in [0.15, 0.2) is 0 Å². The number of alkyl halides is 1. The molecule has 5 nitrogen and oxygen atoms in total. The SMILES string of the molecule is CC(C)(CCBr)NS(=O)(=O)CCS(C)(=O)=O. The van der Waals surface area contributed by atoms with Crippen LogP contribution < -0.4 is 4.72 Å². The zero-order valence-electron chi connectivity index (χ0n) is 9.66. The van der Waals surface area contributed by atoms with Crippen molar-refractivity contribution in [2.45, 2.75) is 25.8 Å². The summed E-state index contributed by atoms with van der Waals surface area (Å²) in [5.74, 6) is -0.746. The Hall–Kier alpha value is 0.340. The molecule has 0 aliphatic heterocycles. The third kappa shape index (κ3) is 8.49. The smallest absolute Gasteiger partial charge is 0.213 e. The number of halogens is 1. The van der Waals surface area contributed by atoms with Crippen LogP contribution in [-0.4, -0.2) is 45.5 Å². The van der Waals surface area contributed by atoms with Gasteiger partial charge < -0.3 is 0 Å². The van der Waals surface area contributed by atoms with Gasteiger partial charge in [0.25, 0.3) is 0 Å². The first kappa shape index (κ1) is 16.3. The molecular formula is C8H18BrNO4S2. The van der Waals surface area contributed by atoms with Crippen LogP contribution in [0.1, 0.15) is 20.3 Å². The molecular weight excluding hydrogens is 318 g/mol. The van der Waals surface area contributed by atoms with Crippen LogP contribution in [0.4, 0.5) is 0 Å². The number of nitrogens with one attached hydrogen (secondary N) is 1. The summed E-state index contributed by atoms with van der Waals surface area (Å²) in [5.41, 5.74) is -0.570. The molecule has 0 unspecified atom stereocenters. The molecule has 0 bridgehead atoms. The molecule has 0 aliphatic rings. The molecule has 0 spiro atoms. The van der Waals surface area contributed by atoms with Gasteiger partial charge in [-0.25, -0.2) is 21.6 Å². The fourth-order valence-electron chi connectivity index (χ4n) is 1.02. The summed E-state index contributed by atoms with van der Waals surface area (Å²) in [6, 6.07) is 0. The van der Waals surface area contributed by atoms with Crippen molar-refractivity contribution in [3.8, 4) is 0 Å². The number of hydrogen-bond donors (Lipinski definition) is 1. The molecule has 0 atom stereocenters. The highest BCUT2D eigenvalue weighted by atomic mass is 79.9. The van der Waals surface area contributed by atoms with Gasteiger partial charge in [-0.15, -0.1) is 0 Å². The Morgan fingerprint density at radius 3 is 2.00 bits per heavy atom. The lowest BCUT2D eigenvalue weighted by atomic mass is 10.0. The van der Waals surface area contributed by atoms with Crippen LogP contribution in [0.25, 0.3) is 0 Å². The Kier molecular flexibility index (Phi) is 5.91. The standard InChI is InChI=1S/C8H18BrNO4S2/c1-8(2,4-5-9)10-16(13,14)7-6-15(3,11)12/h10H,4-7H2,1-3H3. The number of sulfonamides is 1. The van der Waals surface area contributed by atoms with Crippen molar-refractivity contribution in [3.63, 3.8) is 0 Å². The predicted molar refractivity (Wildman–Crippen MR) is 69.1 cm³/mol. The number of rotatable bonds is 7. The summed E-state index contributed by atoms with van der Waals surface area (Å²) in [5, 5.41) is 0.675. The molecule has 0 aromatic carbocycles. The van der Waals surface area contributed by atoms with Gasteiger partial charge in [-0.2, -0.15) is 0 Å². The first-order chi connectivity index (χ1) is 6.97. The summed E-state index contributed by atoms with van der Waals surface area (Å²) >= 11 is 3.23. The zero-order chi connectivity index (χ0) is 13.0. The largest absolute Gasteiger partial charge is 0.229 e. The molecule has 98 valence electrons. The van der Waals surface area contributed by atoms with Crippen LogP contribution >= 0.6 is 15.9 Å². The van der Waals surface area contributed by atoms with Gasteiger partial charge in [0, 0.05) is 17.1 Å². The molecule has 0 amide bonds. The minimum absolute atomic E-state index is 0.354. The van der Waals surface area contributed by atoms with Gasteiger partial charge in [0.2, 0.25) is 10.0 Å². The number of hydrogen-bond acceptors (Lipinski definition) is 4. The lowest BCUT2D eigenvalue weighted by Crippen LogP contribution is -2.45. The van der Waals surface area contributed by atoms with Crippen molar-refractivity contribution in [3.05, 3.63) is 0 Å². The fraction of sp³-hybridized carbons (Fsp3) is 1.00. The van der Waals surface area contributed by atoms with Crippen molar-refractivity contribution in [2.75, 3.05) is 23.1 Å². The second-order valence-electron chi connectivity index (χ2n) is 4.37. The highest BCUT2D eigenvalue weighted by Gasteiger charge is 2.24. The van der Waals surface area contributed by atoms with Gasteiger partial charge in [0.1, 0.15) is 9.84 Å². The van der Waals surface area contributed by atoms with Crippen LogP contribution in [0.2, 0.25) is 0 Å². The van der Waals surface area contributed by atoms with E-state index in [-0.39, 0.29) is 5.75 Å². The van der Waals surface area contributed by atoms with E-state index < -0.39 is 31.2 Å². The molecule has 8 heteroatoms. The Bertz CT molecular complexity index is 413. The number of sulfone groups is 1. The molecule has 0 rings (SSSR count). The maximum atomic E-state index is 11.6. The molecule has 1 N–H and O–H groups in total. The first-order valence-corrected chi connectivity index (χ1v) is 9.56. The molecule has 0 aromatic rings. The minimum Gasteiger partial charge on any atom is -0.229 e. The Morgan fingerprint density at radius 1 is 1.12 bits per heavy atom. The molecule has 0 saturated carbocycles. The predicted octanol–water partition coefficient (Wildman–Crippen LogP) is 0.514. The summed E-state index contributed by atoms with van der Waals surface area (Å²) in [4.78, 5) is 0. The highest BCUT2D eigenvalue weighted by molar-refractivity contribution is 9.09. The van der Waals surface area contributed by atoms with E-state index in [1.807, 2.05) is 0 Å². The average molecular weight is 336 g/mol. The normalized spacial score (nSPS) is 14.0. The third-order valence-electron chi connectivity index (χ3n) is 1.87. The average Bonchev–Trinajstić information content (AvgIpc) is 1.97. The van der Waals surface area contributed by atoms with Crippen LogP contribution in [0.5, 0.6) is 0 Å². The maximum absolute atomic E-state index is 11.6. The summed E-state index contributed by atoms with van der Waals surface area (Å²) in [7, 11) is -6.80. The van der Waals surface area contributed by atoms with Crippen LogP contribution in [-0.2, 0) is 19.9 Å². The van der Waals surface area contributed by atoms with Gasteiger partial charge in [-0.1, -0.05) is 15.9 Å². The summed E-state index contributed by atoms with van der Waals surface area (Å²) in [6.07, 6.45) is 1.65.